The molecule has 0 atom stereocenters. The number of nitrogen functional groups attached to an aromatic ring is 1. The van der Waals surface area contributed by atoms with Gasteiger partial charge in [0.2, 0.25) is 5.88 Å². The number of rotatable bonds is 2. The van der Waals surface area contributed by atoms with Crippen LogP contribution in [0.3, 0.4) is 0 Å². The maximum Gasteiger partial charge on any atom is 0.221 e. The van der Waals surface area contributed by atoms with Crippen molar-refractivity contribution in [1.82, 2.24) is 4.98 Å². The predicted molar refractivity (Wildman–Crippen MR) is 65.4 cm³/mol. The zero-order chi connectivity index (χ0) is 12.3. The summed E-state index contributed by atoms with van der Waals surface area (Å²) in [6.07, 6.45) is 1.64. The van der Waals surface area contributed by atoms with Gasteiger partial charge in [0.1, 0.15) is 0 Å². The fourth-order valence-electron chi connectivity index (χ4n) is 1.65. The topological polar surface area (TPSA) is 71.9 Å². The molecule has 0 spiro atoms. The van der Waals surface area contributed by atoms with Crippen LogP contribution in [-0.2, 0) is 0 Å². The average Bonchev–Trinajstić information content (AvgIpc) is 2.38. The van der Waals surface area contributed by atoms with Crippen LogP contribution in [0.25, 0.3) is 11.1 Å². The maximum atomic E-state index is 9.10. The number of hydrogen-bond acceptors (Lipinski definition) is 4. The average molecular weight is 225 g/mol. The molecule has 0 saturated carbocycles. The van der Waals surface area contributed by atoms with Gasteiger partial charge >= 0.3 is 0 Å². The van der Waals surface area contributed by atoms with Gasteiger partial charge in [-0.25, -0.2) is 4.98 Å². The summed E-state index contributed by atoms with van der Waals surface area (Å²) in [5, 5.41) is 9.10. The molecule has 1 aromatic carbocycles. The van der Waals surface area contributed by atoms with E-state index >= 15 is 0 Å². The third-order valence-electron chi connectivity index (χ3n) is 2.42. The number of methoxy groups -OCH3 is 1. The number of nitriles is 1. The second-order valence-electron chi connectivity index (χ2n) is 3.48. The molecule has 0 unspecified atom stereocenters. The van der Waals surface area contributed by atoms with Crippen molar-refractivity contribution in [2.75, 3.05) is 12.8 Å². The Labute approximate surface area is 99.3 Å². The molecule has 0 bridgehead atoms. The van der Waals surface area contributed by atoms with Gasteiger partial charge in [-0.1, -0.05) is 6.07 Å². The Hall–Kier alpha value is -2.54. The monoisotopic (exact) mass is 225 g/mol. The number of nitrogens with two attached hydrogens (primary N) is 1. The first-order valence-electron chi connectivity index (χ1n) is 5.05. The van der Waals surface area contributed by atoms with Crippen LogP contribution in [0, 0.1) is 11.3 Å². The molecule has 1 heterocycles. The Bertz CT molecular complexity index is 587. The second-order valence-corrected chi connectivity index (χ2v) is 3.48. The van der Waals surface area contributed by atoms with Crippen molar-refractivity contribution in [3.8, 4) is 23.1 Å². The lowest BCUT2D eigenvalue weighted by atomic mass is 10.0. The normalized spacial score (nSPS) is 9.65. The summed E-state index contributed by atoms with van der Waals surface area (Å²) in [6.45, 7) is 0. The molecule has 2 N–H and O–H groups in total. The lowest BCUT2D eigenvalue weighted by Crippen LogP contribution is -1.94. The second kappa shape index (κ2) is 4.54. The highest BCUT2D eigenvalue weighted by molar-refractivity contribution is 5.76. The third-order valence-corrected chi connectivity index (χ3v) is 2.42. The van der Waals surface area contributed by atoms with Gasteiger partial charge in [0, 0.05) is 23.0 Å². The van der Waals surface area contributed by atoms with Gasteiger partial charge in [-0.2, -0.15) is 5.26 Å². The van der Waals surface area contributed by atoms with E-state index in [1.807, 2.05) is 6.07 Å². The third kappa shape index (κ3) is 2.04. The summed E-state index contributed by atoms with van der Waals surface area (Å²) < 4.78 is 5.18. The summed E-state index contributed by atoms with van der Waals surface area (Å²) in [5.74, 6) is 0.494. The smallest absolute Gasteiger partial charge is 0.221 e. The molecule has 1 aromatic heterocycles. The standard InChI is InChI=1S/C13H11N3O/c1-17-13-12(3-2-6-16-13)11-5-4-10(15)7-9(11)8-14/h2-7H,15H2,1H3. The zero-order valence-electron chi connectivity index (χ0n) is 9.34. The van der Waals surface area contributed by atoms with Gasteiger partial charge < -0.3 is 10.5 Å². The quantitative estimate of drug-likeness (QED) is 0.795. The molecule has 4 nitrogen and oxygen atoms in total. The van der Waals surface area contributed by atoms with Crippen LogP contribution in [0.5, 0.6) is 5.88 Å². The van der Waals surface area contributed by atoms with Crippen molar-refractivity contribution >= 4 is 5.69 Å². The van der Waals surface area contributed by atoms with Crippen LogP contribution >= 0.6 is 0 Å². The summed E-state index contributed by atoms with van der Waals surface area (Å²) in [6, 6.07) is 11.0. The van der Waals surface area contributed by atoms with E-state index in [1.165, 1.54) is 0 Å². The van der Waals surface area contributed by atoms with Crippen molar-refractivity contribution in [1.29, 1.82) is 5.26 Å². The van der Waals surface area contributed by atoms with E-state index in [9.17, 15) is 0 Å². The predicted octanol–water partition coefficient (Wildman–Crippen LogP) is 2.21. The van der Waals surface area contributed by atoms with E-state index in [2.05, 4.69) is 11.1 Å². The van der Waals surface area contributed by atoms with Crippen LogP contribution in [-0.4, -0.2) is 12.1 Å². The summed E-state index contributed by atoms with van der Waals surface area (Å²) in [4.78, 5) is 4.11. The van der Waals surface area contributed by atoms with E-state index in [-0.39, 0.29) is 0 Å². The van der Waals surface area contributed by atoms with Gasteiger partial charge in [0.25, 0.3) is 0 Å². The van der Waals surface area contributed by atoms with E-state index in [0.29, 0.717) is 17.1 Å². The lowest BCUT2D eigenvalue weighted by molar-refractivity contribution is 0.399. The number of nitrogens with zero attached hydrogens (tertiary/aromatic N) is 2. The largest absolute Gasteiger partial charge is 0.481 e. The highest BCUT2D eigenvalue weighted by Crippen LogP contribution is 2.31. The van der Waals surface area contributed by atoms with E-state index in [4.69, 9.17) is 15.7 Å². The highest BCUT2D eigenvalue weighted by atomic mass is 16.5. The molecule has 0 aliphatic rings. The number of aromatic nitrogens is 1. The molecule has 17 heavy (non-hydrogen) atoms. The number of ether oxygens (including phenoxy) is 1. The first kappa shape index (κ1) is 11.0. The number of hydrogen-bond donors (Lipinski definition) is 1. The molecule has 0 saturated heterocycles. The first-order chi connectivity index (χ1) is 8.26. The fraction of sp³-hybridized carbons (Fsp3) is 0.0769. The molecule has 2 aromatic rings. The van der Waals surface area contributed by atoms with Crippen molar-refractivity contribution < 1.29 is 4.74 Å². The van der Waals surface area contributed by atoms with Crippen LogP contribution in [0.2, 0.25) is 0 Å². The Morgan fingerprint density at radius 2 is 2.12 bits per heavy atom. The van der Waals surface area contributed by atoms with Gasteiger partial charge in [0.05, 0.1) is 18.7 Å². The van der Waals surface area contributed by atoms with Crippen LogP contribution in [0.15, 0.2) is 36.5 Å². The number of benzene rings is 1. The Morgan fingerprint density at radius 1 is 1.29 bits per heavy atom. The minimum Gasteiger partial charge on any atom is -0.481 e. The van der Waals surface area contributed by atoms with E-state index < -0.39 is 0 Å². The summed E-state index contributed by atoms with van der Waals surface area (Å²) in [7, 11) is 1.55. The molecule has 0 amide bonds. The first-order valence-corrected chi connectivity index (χ1v) is 5.05. The van der Waals surface area contributed by atoms with Gasteiger partial charge in [0.15, 0.2) is 0 Å². The molecular formula is C13H11N3O. The fourth-order valence-corrected chi connectivity index (χ4v) is 1.65. The Morgan fingerprint density at radius 3 is 2.82 bits per heavy atom. The van der Waals surface area contributed by atoms with Crippen LogP contribution in [0.1, 0.15) is 5.56 Å². The maximum absolute atomic E-state index is 9.10. The minimum atomic E-state index is 0.494. The van der Waals surface area contributed by atoms with E-state index in [1.54, 1.807) is 37.6 Å². The van der Waals surface area contributed by atoms with Gasteiger partial charge in [-0.05, 0) is 24.3 Å². The molecular weight excluding hydrogens is 214 g/mol. The van der Waals surface area contributed by atoms with Crippen molar-refractivity contribution in [3.63, 3.8) is 0 Å². The molecule has 0 fully saturated rings. The summed E-state index contributed by atoms with van der Waals surface area (Å²) >= 11 is 0. The van der Waals surface area contributed by atoms with Crippen molar-refractivity contribution in [3.05, 3.63) is 42.1 Å². The molecule has 84 valence electrons. The number of pyridine rings is 1. The van der Waals surface area contributed by atoms with Crippen LogP contribution < -0.4 is 10.5 Å². The van der Waals surface area contributed by atoms with Gasteiger partial charge in [-0.15, -0.1) is 0 Å². The number of anilines is 1. The molecule has 2 rings (SSSR count). The Kier molecular flexibility index (Phi) is 2.93. The Balaban J connectivity index is 2.65. The highest BCUT2D eigenvalue weighted by Gasteiger charge is 2.10. The van der Waals surface area contributed by atoms with Crippen LogP contribution in [0.4, 0.5) is 5.69 Å². The van der Waals surface area contributed by atoms with Gasteiger partial charge in [-0.3, -0.25) is 0 Å². The molecule has 0 aliphatic carbocycles. The molecule has 4 heteroatoms. The minimum absolute atomic E-state index is 0.494. The molecule has 0 aliphatic heterocycles. The molecule has 0 radical (unpaired) electrons. The lowest BCUT2D eigenvalue weighted by Gasteiger charge is -2.08. The summed E-state index contributed by atoms with van der Waals surface area (Å²) in [5.41, 5.74) is 8.28. The zero-order valence-corrected chi connectivity index (χ0v) is 9.34. The van der Waals surface area contributed by atoms with Crippen molar-refractivity contribution in [2.24, 2.45) is 0 Å². The van der Waals surface area contributed by atoms with Crippen molar-refractivity contribution in [2.45, 2.75) is 0 Å². The van der Waals surface area contributed by atoms with E-state index in [0.717, 1.165) is 11.1 Å². The SMILES string of the molecule is COc1ncccc1-c1ccc(N)cc1C#N.